The Morgan fingerprint density at radius 2 is 1.89 bits per heavy atom. The lowest BCUT2D eigenvalue weighted by atomic mass is 9.92. The van der Waals surface area contributed by atoms with E-state index in [4.69, 9.17) is 4.42 Å². The minimum absolute atomic E-state index is 0. The molecule has 6 nitrogen and oxygen atoms in total. The van der Waals surface area contributed by atoms with Crippen molar-refractivity contribution in [3.05, 3.63) is 42.3 Å². The Labute approximate surface area is 185 Å². The van der Waals surface area contributed by atoms with Gasteiger partial charge in [-0.3, -0.25) is 4.99 Å². The Bertz CT molecular complexity index is 723. The van der Waals surface area contributed by atoms with Crippen LogP contribution in [0.5, 0.6) is 0 Å². The van der Waals surface area contributed by atoms with Crippen molar-refractivity contribution in [3.8, 4) is 11.5 Å². The lowest BCUT2D eigenvalue weighted by Crippen LogP contribution is -2.45. The number of piperidine rings is 1. The number of hydrogen-bond acceptors (Lipinski definition) is 4. The summed E-state index contributed by atoms with van der Waals surface area (Å²) < 4.78 is 5.58. The molecule has 2 N–H and O–H groups in total. The summed E-state index contributed by atoms with van der Waals surface area (Å²) >= 11 is 0. The van der Waals surface area contributed by atoms with Crippen LogP contribution in [0.2, 0.25) is 0 Å². The van der Waals surface area contributed by atoms with Crippen molar-refractivity contribution in [2.24, 2.45) is 16.8 Å². The van der Waals surface area contributed by atoms with Crippen molar-refractivity contribution in [1.29, 1.82) is 0 Å². The second-order valence-corrected chi connectivity index (χ2v) is 7.57. The van der Waals surface area contributed by atoms with E-state index in [9.17, 15) is 0 Å². The van der Waals surface area contributed by atoms with E-state index in [-0.39, 0.29) is 24.0 Å². The molecule has 0 spiro atoms. The molecule has 1 aromatic carbocycles. The average molecular weight is 497 g/mol. The van der Waals surface area contributed by atoms with Crippen molar-refractivity contribution < 1.29 is 4.42 Å². The predicted octanol–water partition coefficient (Wildman–Crippen LogP) is 3.60. The van der Waals surface area contributed by atoms with Crippen molar-refractivity contribution in [2.45, 2.75) is 26.8 Å². The molecule has 2 aromatic rings. The molecule has 28 heavy (non-hydrogen) atoms. The highest BCUT2D eigenvalue weighted by atomic mass is 127. The minimum atomic E-state index is 0. The summed E-state index contributed by atoms with van der Waals surface area (Å²) in [4.78, 5) is 11.4. The molecular weight excluding hydrogens is 465 g/mol. The van der Waals surface area contributed by atoms with Crippen molar-refractivity contribution in [2.75, 3.05) is 33.2 Å². The van der Waals surface area contributed by atoms with Crippen LogP contribution in [0.1, 0.15) is 26.0 Å². The lowest BCUT2D eigenvalue weighted by molar-refractivity contribution is 0.143. The Balaban J connectivity index is 0.00000280. The van der Waals surface area contributed by atoms with Gasteiger partial charge in [0.2, 0.25) is 5.89 Å². The Morgan fingerprint density at radius 3 is 2.57 bits per heavy atom. The van der Waals surface area contributed by atoms with Gasteiger partial charge in [0.15, 0.2) is 5.96 Å². The van der Waals surface area contributed by atoms with Gasteiger partial charge in [-0.25, -0.2) is 4.98 Å². The molecule has 2 heterocycles. The van der Waals surface area contributed by atoms with Crippen molar-refractivity contribution >= 4 is 29.9 Å². The first kappa shape index (κ1) is 22.7. The van der Waals surface area contributed by atoms with Crippen LogP contribution in [-0.2, 0) is 6.54 Å². The molecule has 1 aromatic heterocycles. The Kier molecular flexibility index (Phi) is 9.24. The number of likely N-dealkylation sites (tertiary alicyclic amines) is 1. The molecule has 1 aliphatic heterocycles. The van der Waals surface area contributed by atoms with Gasteiger partial charge < -0.3 is 20.0 Å². The van der Waals surface area contributed by atoms with Gasteiger partial charge in [-0.1, -0.05) is 32.0 Å². The van der Waals surface area contributed by atoms with Crippen molar-refractivity contribution in [1.82, 2.24) is 20.5 Å². The van der Waals surface area contributed by atoms with E-state index in [1.165, 1.54) is 19.5 Å². The van der Waals surface area contributed by atoms with Gasteiger partial charge in [0.05, 0.1) is 12.2 Å². The summed E-state index contributed by atoms with van der Waals surface area (Å²) in [6.07, 6.45) is 3.04. The lowest BCUT2D eigenvalue weighted by Gasteiger charge is -2.35. The molecule has 3 rings (SSSR count). The van der Waals surface area contributed by atoms with E-state index in [1.807, 2.05) is 30.3 Å². The SMILES string of the molecule is CN=C(NCCN1CC(C)CC(C)C1)NCc1coc(-c2ccccc2)n1.I. The molecule has 1 aliphatic rings. The number of benzene rings is 1. The van der Waals surface area contributed by atoms with Crippen LogP contribution in [0, 0.1) is 11.8 Å². The molecule has 1 saturated heterocycles. The second-order valence-electron chi connectivity index (χ2n) is 7.57. The van der Waals surface area contributed by atoms with Gasteiger partial charge in [0.1, 0.15) is 6.26 Å². The number of rotatable bonds is 6. The molecule has 0 bridgehead atoms. The first-order valence-corrected chi connectivity index (χ1v) is 9.80. The largest absolute Gasteiger partial charge is 0.444 e. The zero-order valence-electron chi connectivity index (χ0n) is 17.0. The molecule has 7 heteroatoms. The second kappa shape index (κ2) is 11.4. The van der Waals surface area contributed by atoms with Crippen LogP contribution in [0.25, 0.3) is 11.5 Å². The number of aliphatic imine (C=N–C) groups is 1. The number of halogens is 1. The number of nitrogens with zero attached hydrogens (tertiary/aromatic N) is 3. The molecule has 0 saturated carbocycles. The highest BCUT2D eigenvalue weighted by molar-refractivity contribution is 14.0. The van der Waals surface area contributed by atoms with E-state index < -0.39 is 0 Å². The molecule has 2 atom stereocenters. The molecule has 0 amide bonds. The average Bonchev–Trinajstić information content (AvgIpc) is 3.13. The van der Waals surface area contributed by atoms with Crippen molar-refractivity contribution in [3.63, 3.8) is 0 Å². The van der Waals surface area contributed by atoms with E-state index >= 15 is 0 Å². The molecule has 0 aliphatic carbocycles. The van der Waals surface area contributed by atoms with Crippen LogP contribution >= 0.6 is 24.0 Å². The van der Waals surface area contributed by atoms with Crippen LogP contribution in [-0.4, -0.2) is 49.1 Å². The quantitative estimate of drug-likeness (QED) is 0.363. The van der Waals surface area contributed by atoms with E-state index in [1.54, 1.807) is 13.3 Å². The fourth-order valence-electron chi connectivity index (χ4n) is 3.80. The summed E-state index contributed by atoms with van der Waals surface area (Å²) in [6.45, 7) is 9.58. The maximum Gasteiger partial charge on any atom is 0.226 e. The summed E-state index contributed by atoms with van der Waals surface area (Å²) in [7, 11) is 1.79. The maximum absolute atomic E-state index is 5.58. The number of oxazole rings is 1. The van der Waals surface area contributed by atoms with Gasteiger partial charge in [0.25, 0.3) is 0 Å². The standard InChI is InChI=1S/C21H31N5O.HI/c1-16-11-17(2)14-26(13-16)10-9-23-21(22-3)24-12-19-15-27-20(25-19)18-7-5-4-6-8-18;/h4-8,15-17H,9-14H2,1-3H3,(H2,22,23,24);1H. The van der Waals surface area contributed by atoms with Gasteiger partial charge in [-0.2, -0.15) is 0 Å². The third-order valence-corrected chi connectivity index (χ3v) is 4.90. The molecule has 1 fully saturated rings. The summed E-state index contributed by atoms with van der Waals surface area (Å²) in [5, 5.41) is 6.70. The monoisotopic (exact) mass is 497 g/mol. The maximum atomic E-state index is 5.58. The zero-order chi connectivity index (χ0) is 19.1. The number of guanidine groups is 1. The van der Waals surface area contributed by atoms with Crippen LogP contribution in [0.15, 0.2) is 46.0 Å². The van der Waals surface area contributed by atoms with Crippen LogP contribution in [0.3, 0.4) is 0 Å². The fraction of sp³-hybridized carbons (Fsp3) is 0.524. The third-order valence-electron chi connectivity index (χ3n) is 4.90. The van der Waals surface area contributed by atoms with Gasteiger partial charge >= 0.3 is 0 Å². The molecule has 154 valence electrons. The number of nitrogens with one attached hydrogen (secondary N) is 2. The van der Waals surface area contributed by atoms with Crippen LogP contribution in [0.4, 0.5) is 0 Å². The molecule has 0 radical (unpaired) electrons. The topological polar surface area (TPSA) is 65.7 Å². The van der Waals surface area contributed by atoms with E-state index in [0.29, 0.717) is 12.4 Å². The smallest absolute Gasteiger partial charge is 0.226 e. The van der Waals surface area contributed by atoms with E-state index in [0.717, 1.165) is 42.1 Å². The first-order valence-electron chi connectivity index (χ1n) is 9.80. The summed E-state index contributed by atoms with van der Waals surface area (Å²) in [5.74, 6) is 3.01. The van der Waals surface area contributed by atoms with Crippen LogP contribution < -0.4 is 10.6 Å². The number of hydrogen-bond donors (Lipinski definition) is 2. The van der Waals surface area contributed by atoms with E-state index in [2.05, 4.69) is 39.4 Å². The summed E-state index contributed by atoms with van der Waals surface area (Å²) in [5.41, 5.74) is 1.84. The van der Waals surface area contributed by atoms with Gasteiger partial charge in [-0.15, -0.1) is 24.0 Å². The Hall–Kier alpha value is -1.61. The van der Waals surface area contributed by atoms with Gasteiger partial charge in [-0.05, 0) is 30.4 Å². The zero-order valence-corrected chi connectivity index (χ0v) is 19.3. The fourth-order valence-corrected chi connectivity index (χ4v) is 3.80. The van der Waals surface area contributed by atoms with Gasteiger partial charge in [0, 0.05) is 38.8 Å². The molecule has 2 unspecified atom stereocenters. The highest BCUT2D eigenvalue weighted by Gasteiger charge is 2.21. The first-order chi connectivity index (χ1) is 13.1. The highest BCUT2D eigenvalue weighted by Crippen LogP contribution is 2.20. The normalized spacial score (nSPS) is 20.5. The Morgan fingerprint density at radius 1 is 1.18 bits per heavy atom. The molecular formula is C21H32IN5O. The third kappa shape index (κ3) is 6.77. The predicted molar refractivity (Wildman–Crippen MR) is 125 cm³/mol. The number of aromatic nitrogens is 1. The minimum Gasteiger partial charge on any atom is -0.444 e. The summed E-state index contributed by atoms with van der Waals surface area (Å²) in [6, 6.07) is 9.92.